The quantitative estimate of drug-likeness (QED) is 0.770. The summed E-state index contributed by atoms with van der Waals surface area (Å²) in [5.41, 5.74) is -0.931. The number of hydrogen-bond acceptors (Lipinski definition) is 3. The van der Waals surface area contributed by atoms with Gasteiger partial charge in [-0.25, -0.2) is 0 Å². The van der Waals surface area contributed by atoms with E-state index in [1.807, 2.05) is 0 Å². The molecule has 2 saturated carbocycles. The zero-order chi connectivity index (χ0) is 15.0. The van der Waals surface area contributed by atoms with E-state index in [9.17, 15) is 0 Å². The van der Waals surface area contributed by atoms with Crippen LogP contribution in [0.15, 0.2) is 0 Å². The van der Waals surface area contributed by atoms with E-state index in [0.717, 1.165) is 12.8 Å². The average molecular weight is 270 g/mol. The summed E-state index contributed by atoms with van der Waals surface area (Å²) in [7, 11) is 0. The molecule has 0 N–H and O–H groups in total. The fourth-order valence-corrected chi connectivity index (χ4v) is 4.07. The molecular formula is C16H28O3. The van der Waals surface area contributed by atoms with Crippen LogP contribution in [-0.2, 0) is 14.2 Å². The first kappa shape index (κ1) is 12.6. The first-order valence-corrected chi connectivity index (χ1v) is 7.44. The van der Waals surface area contributed by atoms with Gasteiger partial charge in [-0.3, -0.25) is 0 Å². The van der Waals surface area contributed by atoms with Gasteiger partial charge >= 0.3 is 0 Å². The lowest BCUT2D eigenvalue weighted by Gasteiger charge is -2.40. The Balaban J connectivity index is 1.87. The maximum atomic E-state index is 8.03. The molecule has 19 heavy (non-hydrogen) atoms. The molecule has 0 aromatic rings. The van der Waals surface area contributed by atoms with Crippen molar-refractivity contribution in [2.45, 2.75) is 89.3 Å². The fourth-order valence-electron chi connectivity index (χ4n) is 4.07. The van der Waals surface area contributed by atoms with Crippen LogP contribution >= 0.6 is 0 Å². The van der Waals surface area contributed by atoms with Gasteiger partial charge in [0.2, 0.25) is 0 Å². The molecule has 3 nitrogen and oxygen atoms in total. The van der Waals surface area contributed by atoms with Gasteiger partial charge < -0.3 is 14.2 Å². The van der Waals surface area contributed by atoms with E-state index in [4.69, 9.17) is 15.6 Å². The number of ether oxygens (including phenoxy) is 3. The van der Waals surface area contributed by atoms with Crippen LogP contribution in [-0.4, -0.2) is 35.1 Å². The van der Waals surface area contributed by atoms with Gasteiger partial charge in [-0.15, -0.1) is 0 Å². The minimum atomic E-state index is -0.482. The van der Waals surface area contributed by atoms with Crippen LogP contribution < -0.4 is 0 Å². The second kappa shape index (κ2) is 3.75. The van der Waals surface area contributed by atoms with Crippen LogP contribution in [0.4, 0.5) is 0 Å². The van der Waals surface area contributed by atoms with Crippen molar-refractivity contribution in [3.8, 4) is 0 Å². The van der Waals surface area contributed by atoms with Crippen molar-refractivity contribution in [1.29, 1.82) is 0 Å². The summed E-state index contributed by atoms with van der Waals surface area (Å²) in [5.74, 6) is 0.529. The molecule has 5 atom stereocenters. The predicted molar refractivity (Wildman–Crippen MR) is 74.2 cm³/mol. The second-order valence-corrected chi connectivity index (χ2v) is 8.44. The third-order valence-corrected chi connectivity index (χ3v) is 4.28. The summed E-state index contributed by atoms with van der Waals surface area (Å²) in [6.45, 7) is 12.0. The molecule has 110 valence electrons. The first-order chi connectivity index (χ1) is 8.96. The normalized spacial score (nSPS) is 49.8. The first-order valence-electron chi connectivity index (χ1n) is 8.02. The van der Waals surface area contributed by atoms with E-state index in [0.29, 0.717) is 12.3 Å². The third kappa shape index (κ3) is 2.24. The molecule has 0 amide bonds. The Morgan fingerprint density at radius 3 is 2.26 bits per heavy atom. The molecule has 0 radical (unpaired) electrons. The van der Waals surface area contributed by atoms with Crippen molar-refractivity contribution in [2.75, 3.05) is 6.58 Å². The Labute approximate surface area is 118 Å². The van der Waals surface area contributed by atoms with E-state index in [1.165, 1.54) is 0 Å². The molecule has 1 heterocycles. The van der Waals surface area contributed by atoms with Crippen LogP contribution in [0, 0.1) is 5.92 Å². The van der Waals surface area contributed by atoms with E-state index in [2.05, 4.69) is 41.5 Å². The van der Waals surface area contributed by atoms with Gasteiger partial charge in [-0.1, -0.05) is 0 Å². The van der Waals surface area contributed by atoms with Crippen LogP contribution in [0.3, 0.4) is 0 Å². The van der Waals surface area contributed by atoms with E-state index in [-0.39, 0.29) is 28.5 Å². The summed E-state index contributed by atoms with van der Waals surface area (Å²) in [6, 6.07) is 0. The highest BCUT2D eigenvalue weighted by atomic mass is 16.6. The zero-order valence-electron chi connectivity index (χ0n) is 14.1. The van der Waals surface area contributed by atoms with Crippen LogP contribution in [0.5, 0.6) is 0 Å². The standard InChI is InChI=1S/C16H28O3/c1-13(2,3)18-15-7-8-17-12(15)16(10-11(16)9-15)19-14(4,5)6/h11-12H,7-10H2,1-6H3/t11-,12+,15-,16-/m1/s1/i8T/t8-,11+,12-,15+,16+/m0. The second-order valence-electron chi connectivity index (χ2n) is 8.44. The molecule has 0 unspecified atom stereocenters. The lowest BCUT2D eigenvalue weighted by molar-refractivity contribution is -0.194. The molecule has 3 aliphatic rings. The van der Waals surface area contributed by atoms with Gasteiger partial charge in [0.15, 0.2) is 0 Å². The molecule has 1 aliphatic heterocycles. The maximum absolute atomic E-state index is 8.03. The largest absolute Gasteiger partial charge is 0.372 e. The van der Waals surface area contributed by atoms with Gasteiger partial charge in [-0.05, 0) is 60.3 Å². The number of hydrogen-bond donors (Lipinski definition) is 0. The van der Waals surface area contributed by atoms with Gasteiger partial charge in [-0.2, -0.15) is 0 Å². The molecule has 0 aromatic heterocycles. The van der Waals surface area contributed by atoms with Crippen LogP contribution in [0.2, 0.25) is 0 Å². The summed E-state index contributed by atoms with van der Waals surface area (Å²) in [6.07, 6.45) is 2.61. The van der Waals surface area contributed by atoms with Crippen molar-refractivity contribution in [1.82, 2.24) is 0 Å². The van der Waals surface area contributed by atoms with Crippen molar-refractivity contribution >= 4 is 0 Å². The summed E-state index contributed by atoms with van der Waals surface area (Å²) < 4.78 is 26.8. The Kier molecular flexibility index (Phi) is 2.49. The van der Waals surface area contributed by atoms with Crippen LogP contribution in [0.25, 0.3) is 0 Å². The number of rotatable bonds is 2. The Bertz CT molecular complexity index is 411. The number of fused-ring (bicyclic) bond motifs is 3. The highest BCUT2D eigenvalue weighted by Gasteiger charge is 2.76. The SMILES string of the molecule is [3H][C@H]1C[C@@]2(OC(C)(C)C)C[C@@H]3C[C@]3(OC(C)(C)C)[C@H]2O1. The molecule has 0 spiro atoms. The smallest absolute Gasteiger partial charge is 0.116 e. The van der Waals surface area contributed by atoms with E-state index in [1.54, 1.807) is 0 Å². The molecule has 2 aliphatic carbocycles. The maximum Gasteiger partial charge on any atom is 0.116 e. The average Bonchev–Trinajstić information content (AvgIpc) is 2.60. The van der Waals surface area contributed by atoms with Crippen LogP contribution in [0.1, 0.15) is 62.2 Å². The monoisotopic (exact) mass is 270 g/mol. The molecule has 0 bridgehead atoms. The van der Waals surface area contributed by atoms with E-state index < -0.39 is 6.58 Å². The van der Waals surface area contributed by atoms with Crippen molar-refractivity contribution < 1.29 is 15.6 Å². The van der Waals surface area contributed by atoms with Gasteiger partial charge in [0.25, 0.3) is 0 Å². The molecule has 3 rings (SSSR count). The predicted octanol–water partition coefficient (Wildman–Crippen LogP) is 3.31. The zero-order valence-corrected chi connectivity index (χ0v) is 13.1. The minimum absolute atomic E-state index is 0.0825. The highest BCUT2D eigenvalue weighted by molar-refractivity contribution is 5.26. The van der Waals surface area contributed by atoms with Crippen molar-refractivity contribution in [3.63, 3.8) is 0 Å². The molecule has 3 heteroatoms. The van der Waals surface area contributed by atoms with E-state index >= 15 is 0 Å². The highest BCUT2D eigenvalue weighted by Crippen LogP contribution is 2.67. The molecule has 1 saturated heterocycles. The molecule has 0 aromatic carbocycles. The summed E-state index contributed by atoms with van der Waals surface area (Å²) in [4.78, 5) is 0. The molecule has 3 fully saturated rings. The Morgan fingerprint density at radius 1 is 1.05 bits per heavy atom. The molecular weight excluding hydrogens is 240 g/mol. The Morgan fingerprint density at radius 2 is 1.68 bits per heavy atom. The van der Waals surface area contributed by atoms with Gasteiger partial charge in [0.05, 0.1) is 19.2 Å². The lowest BCUT2D eigenvalue weighted by Crippen LogP contribution is -2.50. The van der Waals surface area contributed by atoms with Gasteiger partial charge in [0, 0.05) is 6.42 Å². The fraction of sp³-hybridized carbons (Fsp3) is 1.00. The Hall–Kier alpha value is -0.120. The van der Waals surface area contributed by atoms with Gasteiger partial charge in [0.1, 0.15) is 17.3 Å². The minimum Gasteiger partial charge on any atom is -0.372 e. The van der Waals surface area contributed by atoms with Crippen molar-refractivity contribution in [2.24, 2.45) is 5.92 Å². The van der Waals surface area contributed by atoms with Crippen molar-refractivity contribution in [3.05, 3.63) is 0 Å². The topological polar surface area (TPSA) is 27.7 Å². The summed E-state index contributed by atoms with van der Waals surface area (Å²) >= 11 is 0. The third-order valence-electron chi connectivity index (χ3n) is 4.28. The summed E-state index contributed by atoms with van der Waals surface area (Å²) in [5, 5.41) is 0. The lowest BCUT2D eigenvalue weighted by atomic mass is 9.91.